The molecule has 0 aliphatic carbocycles. The summed E-state index contributed by atoms with van der Waals surface area (Å²) in [6.45, 7) is 5.92. The molecule has 2 rings (SSSR count). The number of imidazole rings is 1. The third-order valence-corrected chi connectivity index (χ3v) is 6.50. The third kappa shape index (κ3) is 3.26. The molecule has 0 aromatic carbocycles. The van der Waals surface area contributed by atoms with E-state index in [2.05, 4.69) is 27.8 Å². The molecule has 0 N–H and O–H groups in total. The van der Waals surface area contributed by atoms with Gasteiger partial charge in [0.2, 0.25) is 0 Å². The summed E-state index contributed by atoms with van der Waals surface area (Å²) in [5.74, 6) is 1.35. The molecule has 7 heteroatoms. The van der Waals surface area contributed by atoms with Gasteiger partial charge in [0.1, 0.15) is 5.82 Å². The summed E-state index contributed by atoms with van der Waals surface area (Å²) in [5.41, 5.74) is 0. The highest BCUT2D eigenvalue weighted by Crippen LogP contribution is 2.24. The third-order valence-electron chi connectivity index (χ3n) is 3.81. The molecule has 1 fully saturated rings. The number of nitrogens with zero attached hydrogens (tertiary/aromatic N) is 3. The summed E-state index contributed by atoms with van der Waals surface area (Å²) in [7, 11) is -3.43. The number of hydrogen-bond donors (Lipinski definition) is 0. The minimum atomic E-state index is -3.43. The van der Waals surface area contributed by atoms with E-state index < -0.39 is 10.0 Å². The van der Waals surface area contributed by atoms with E-state index in [4.69, 9.17) is 0 Å². The van der Waals surface area contributed by atoms with Gasteiger partial charge in [0.05, 0.1) is 0 Å². The monoisotopic (exact) mass is 363 g/mol. The lowest BCUT2D eigenvalue weighted by atomic mass is 10.0. The quantitative estimate of drug-likeness (QED) is 0.754. The summed E-state index contributed by atoms with van der Waals surface area (Å²) in [4.78, 5) is 4.24. The Bertz CT molecular complexity index is 548. The van der Waals surface area contributed by atoms with Gasteiger partial charge >= 0.3 is 0 Å². The minimum Gasteiger partial charge on any atom is -0.334 e. The molecular weight excluding hydrogens is 342 g/mol. The van der Waals surface area contributed by atoms with Crippen molar-refractivity contribution in [2.75, 3.05) is 18.4 Å². The summed E-state index contributed by atoms with van der Waals surface area (Å²) in [5, 5.41) is 1.14. The molecule has 1 saturated heterocycles. The predicted octanol–water partition coefficient (Wildman–Crippen LogP) is 2.40. The van der Waals surface area contributed by atoms with Crippen molar-refractivity contribution in [3.8, 4) is 0 Å². The van der Waals surface area contributed by atoms with Crippen LogP contribution in [0, 0.1) is 12.8 Å². The topological polar surface area (TPSA) is 55.2 Å². The Morgan fingerprint density at radius 1 is 1.40 bits per heavy atom. The molecule has 1 aliphatic heterocycles. The van der Waals surface area contributed by atoms with Crippen LogP contribution in [0.25, 0.3) is 0 Å². The number of piperidine rings is 1. The van der Waals surface area contributed by atoms with Crippen LogP contribution in [0.5, 0.6) is 0 Å². The first-order valence-electron chi connectivity index (χ1n) is 7.09. The van der Waals surface area contributed by atoms with E-state index in [0.29, 0.717) is 19.0 Å². The smallest absolute Gasteiger partial charge is 0.262 e. The van der Waals surface area contributed by atoms with Crippen LogP contribution in [0.15, 0.2) is 11.2 Å². The van der Waals surface area contributed by atoms with Crippen LogP contribution in [0.4, 0.5) is 0 Å². The molecule has 0 bridgehead atoms. The van der Waals surface area contributed by atoms with Gasteiger partial charge in [-0.25, -0.2) is 13.4 Å². The largest absolute Gasteiger partial charge is 0.334 e. The maximum Gasteiger partial charge on any atom is 0.262 e. The number of aromatic nitrogens is 2. The van der Waals surface area contributed by atoms with Crippen LogP contribution in [-0.2, 0) is 16.6 Å². The lowest BCUT2D eigenvalue weighted by Crippen LogP contribution is -2.38. The Hall–Kier alpha value is -0.400. The number of rotatable bonds is 5. The second-order valence-electron chi connectivity index (χ2n) is 5.32. The number of hydrogen-bond acceptors (Lipinski definition) is 3. The highest BCUT2D eigenvalue weighted by atomic mass is 79.9. The Kier molecular flexibility index (Phi) is 5.25. The van der Waals surface area contributed by atoms with Gasteiger partial charge in [0, 0.05) is 31.2 Å². The maximum atomic E-state index is 12.6. The van der Waals surface area contributed by atoms with Crippen LogP contribution in [0.1, 0.15) is 32.0 Å². The van der Waals surface area contributed by atoms with E-state index in [1.54, 1.807) is 10.5 Å². The molecule has 0 unspecified atom stereocenters. The second kappa shape index (κ2) is 6.58. The van der Waals surface area contributed by atoms with E-state index in [1.807, 2.05) is 11.5 Å². The minimum absolute atomic E-state index is 0.195. The maximum absolute atomic E-state index is 12.6. The summed E-state index contributed by atoms with van der Waals surface area (Å²) in [6.07, 6.45) is 4.47. The number of sulfonamides is 1. The zero-order valence-electron chi connectivity index (χ0n) is 12.0. The van der Waals surface area contributed by atoms with Crippen LogP contribution < -0.4 is 0 Å². The van der Waals surface area contributed by atoms with Crippen molar-refractivity contribution in [1.82, 2.24) is 13.9 Å². The van der Waals surface area contributed by atoms with E-state index >= 15 is 0 Å². The van der Waals surface area contributed by atoms with Crippen molar-refractivity contribution >= 4 is 26.0 Å². The van der Waals surface area contributed by atoms with E-state index in [9.17, 15) is 8.42 Å². The van der Waals surface area contributed by atoms with Crippen LogP contribution in [-0.4, -0.2) is 40.7 Å². The second-order valence-corrected chi connectivity index (χ2v) is 7.85. The fourth-order valence-electron chi connectivity index (χ4n) is 2.51. The van der Waals surface area contributed by atoms with Gasteiger partial charge < -0.3 is 4.57 Å². The van der Waals surface area contributed by atoms with Gasteiger partial charge in [-0.2, -0.15) is 4.31 Å². The Balaban J connectivity index is 2.16. The lowest BCUT2D eigenvalue weighted by molar-refractivity contribution is 0.291. The van der Waals surface area contributed by atoms with Gasteiger partial charge in [-0.15, -0.1) is 0 Å². The molecule has 0 amide bonds. The molecule has 5 nitrogen and oxygen atoms in total. The zero-order valence-corrected chi connectivity index (χ0v) is 14.5. The first-order chi connectivity index (χ1) is 9.48. The van der Waals surface area contributed by atoms with Crippen LogP contribution >= 0.6 is 15.9 Å². The van der Waals surface area contributed by atoms with Crippen molar-refractivity contribution in [2.24, 2.45) is 5.92 Å². The molecule has 1 aromatic heterocycles. The SMILES string of the molecule is CCCn1cc(S(=O)(=O)N2CCC(CBr)CC2)nc1C. The molecule has 2 heterocycles. The first kappa shape index (κ1) is 16.0. The Labute approximate surface area is 129 Å². The summed E-state index contributed by atoms with van der Waals surface area (Å²) >= 11 is 3.47. The standard InChI is InChI=1S/C13H22BrN3O2S/c1-3-6-16-10-13(15-11(16)2)20(18,19)17-7-4-12(9-14)5-8-17/h10,12H,3-9H2,1-2H3. The predicted molar refractivity (Wildman–Crippen MR) is 82.5 cm³/mol. The molecule has 1 aliphatic rings. The zero-order chi connectivity index (χ0) is 14.8. The fraction of sp³-hybridized carbons (Fsp3) is 0.769. The fourth-order valence-corrected chi connectivity index (χ4v) is 4.62. The van der Waals surface area contributed by atoms with Gasteiger partial charge in [0.15, 0.2) is 5.03 Å². The number of alkyl halides is 1. The average molecular weight is 364 g/mol. The van der Waals surface area contributed by atoms with Crippen molar-refractivity contribution < 1.29 is 8.42 Å². The van der Waals surface area contributed by atoms with Crippen LogP contribution in [0.3, 0.4) is 0 Å². The van der Waals surface area contributed by atoms with Crippen molar-refractivity contribution in [3.63, 3.8) is 0 Å². The van der Waals surface area contributed by atoms with Crippen molar-refractivity contribution in [3.05, 3.63) is 12.0 Å². The van der Waals surface area contributed by atoms with E-state index in [-0.39, 0.29) is 5.03 Å². The molecule has 20 heavy (non-hydrogen) atoms. The first-order valence-corrected chi connectivity index (χ1v) is 9.65. The van der Waals surface area contributed by atoms with E-state index in [1.165, 1.54) is 0 Å². The Morgan fingerprint density at radius 2 is 2.05 bits per heavy atom. The number of aryl methyl sites for hydroxylation is 2. The van der Waals surface area contributed by atoms with Gasteiger partial charge in [-0.05, 0) is 32.1 Å². The van der Waals surface area contributed by atoms with Gasteiger partial charge in [-0.1, -0.05) is 22.9 Å². The van der Waals surface area contributed by atoms with E-state index in [0.717, 1.165) is 37.0 Å². The van der Waals surface area contributed by atoms with Crippen molar-refractivity contribution in [1.29, 1.82) is 0 Å². The highest BCUT2D eigenvalue weighted by Gasteiger charge is 2.31. The number of halogens is 1. The molecule has 1 aromatic rings. The molecule has 0 spiro atoms. The highest BCUT2D eigenvalue weighted by molar-refractivity contribution is 9.09. The van der Waals surface area contributed by atoms with Crippen molar-refractivity contribution in [2.45, 2.75) is 44.7 Å². The van der Waals surface area contributed by atoms with Gasteiger partial charge in [-0.3, -0.25) is 0 Å². The molecule has 0 saturated carbocycles. The molecule has 0 radical (unpaired) electrons. The lowest BCUT2D eigenvalue weighted by Gasteiger charge is -2.29. The summed E-state index contributed by atoms with van der Waals surface area (Å²) in [6, 6.07) is 0. The average Bonchev–Trinajstić information content (AvgIpc) is 2.81. The molecule has 114 valence electrons. The summed E-state index contributed by atoms with van der Waals surface area (Å²) < 4.78 is 28.7. The Morgan fingerprint density at radius 3 is 2.60 bits per heavy atom. The molecule has 0 atom stereocenters. The molecular formula is C13H22BrN3O2S. The van der Waals surface area contributed by atoms with Gasteiger partial charge in [0.25, 0.3) is 10.0 Å². The van der Waals surface area contributed by atoms with Crippen LogP contribution in [0.2, 0.25) is 0 Å². The normalized spacial score (nSPS) is 18.6.